The molecule has 2 aromatic rings. The van der Waals surface area contributed by atoms with Crippen LogP contribution < -0.4 is 10.2 Å². The Balaban J connectivity index is 2.06. The summed E-state index contributed by atoms with van der Waals surface area (Å²) in [6.07, 6.45) is 0. The number of carboxylic acid groups (broad SMARTS) is 1. The second kappa shape index (κ2) is 8.96. The Bertz CT molecular complexity index is 731. The van der Waals surface area contributed by atoms with Crippen molar-refractivity contribution in [3.63, 3.8) is 0 Å². The molecule has 132 valence electrons. The van der Waals surface area contributed by atoms with Crippen LogP contribution in [0.2, 0.25) is 0 Å². The molecule has 0 heterocycles. The highest BCUT2D eigenvalue weighted by Gasteiger charge is 2.19. The van der Waals surface area contributed by atoms with E-state index in [9.17, 15) is 14.7 Å². The number of carbonyl (C=O) groups excluding carboxylic acids is 1. The molecule has 0 spiro atoms. The Morgan fingerprint density at radius 2 is 1.84 bits per heavy atom. The van der Waals surface area contributed by atoms with E-state index in [0.717, 1.165) is 11.1 Å². The summed E-state index contributed by atoms with van der Waals surface area (Å²) in [6.45, 7) is 0.784. The number of rotatable bonds is 8. The Hall–Kier alpha value is -2.70. The third-order valence-corrected chi connectivity index (χ3v) is 3.75. The van der Waals surface area contributed by atoms with Crippen molar-refractivity contribution in [3.8, 4) is 0 Å². The molecule has 6 nitrogen and oxygen atoms in total. The molecule has 0 bridgehead atoms. The minimum Gasteiger partial charge on any atom is -0.478 e. The summed E-state index contributed by atoms with van der Waals surface area (Å²) < 4.78 is 5.45. The molecule has 2 rings (SSSR count). The van der Waals surface area contributed by atoms with E-state index in [-0.39, 0.29) is 18.1 Å². The number of likely N-dealkylation sites (N-methyl/N-ethyl adjacent to an activating group) is 1. The van der Waals surface area contributed by atoms with E-state index in [1.807, 2.05) is 30.3 Å². The average Bonchev–Trinajstić information content (AvgIpc) is 2.62. The van der Waals surface area contributed by atoms with Crippen LogP contribution in [0.1, 0.15) is 21.5 Å². The molecule has 6 heteroatoms. The van der Waals surface area contributed by atoms with Crippen LogP contribution in [-0.2, 0) is 22.7 Å². The lowest BCUT2D eigenvalue weighted by Gasteiger charge is -2.20. The third kappa shape index (κ3) is 5.14. The lowest BCUT2D eigenvalue weighted by atomic mass is 10.1. The first-order valence-electron chi connectivity index (χ1n) is 7.92. The smallest absolute Gasteiger partial charge is 0.337 e. The maximum Gasteiger partial charge on any atom is 0.337 e. The summed E-state index contributed by atoms with van der Waals surface area (Å²) in [5.41, 5.74) is 2.31. The molecule has 0 radical (unpaired) electrons. The molecular weight excluding hydrogens is 320 g/mol. The first-order chi connectivity index (χ1) is 12.0. The van der Waals surface area contributed by atoms with Gasteiger partial charge in [0.1, 0.15) is 6.61 Å². The Labute approximate surface area is 147 Å². The fourth-order valence-corrected chi connectivity index (χ4v) is 2.41. The summed E-state index contributed by atoms with van der Waals surface area (Å²) in [5.74, 6) is -1.38. The van der Waals surface area contributed by atoms with Crippen molar-refractivity contribution in [2.75, 3.05) is 25.6 Å². The average molecular weight is 342 g/mol. The van der Waals surface area contributed by atoms with Crippen molar-refractivity contribution in [3.05, 3.63) is 65.2 Å². The predicted molar refractivity (Wildman–Crippen MR) is 95.7 cm³/mol. The summed E-state index contributed by atoms with van der Waals surface area (Å²) in [4.78, 5) is 25.1. The highest BCUT2D eigenvalue weighted by atomic mass is 16.5. The van der Waals surface area contributed by atoms with E-state index in [2.05, 4.69) is 5.32 Å². The highest BCUT2D eigenvalue weighted by molar-refractivity contribution is 6.02. The number of hydrogen-bond donors (Lipinski definition) is 2. The van der Waals surface area contributed by atoms with E-state index >= 15 is 0 Å². The Morgan fingerprint density at radius 1 is 1.12 bits per heavy atom. The maximum atomic E-state index is 12.4. The lowest BCUT2D eigenvalue weighted by molar-refractivity contribution is -0.123. The minimum atomic E-state index is -1.07. The van der Waals surface area contributed by atoms with Crippen LogP contribution in [0.15, 0.2) is 48.5 Å². The molecule has 0 aliphatic rings. The number of ether oxygens (including phenoxy) is 1. The normalized spacial score (nSPS) is 10.5. The van der Waals surface area contributed by atoms with Gasteiger partial charge in [-0.25, -0.2) is 4.79 Å². The number of amides is 1. The van der Waals surface area contributed by atoms with Crippen LogP contribution >= 0.6 is 0 Å². The van der Waals surface area contributed by atoms with Gasteiger partial charge < -0.3 is 20.1 Å². The summed E-state index contributed by atoms with van der Waals surface area (Å²) in [7, 11) is 3.36. The van der Waals surface area contributed by atoms with Gasteiger partial charge >= 0.3 is 5.97 Å². The fraction of sp³-hybridized carbons (Fsp3) is 0.263. The number of benzene rings is 2. The lowest BCUT2D eigenvalue weighted by Crippen LogP contribution is -2.31. The van der Waals surface area contributed by atoms with Gasteiger partial charge in [0.15, 0.2) is 0 Å². The number of nitrogens with one attached hydrogen (secondary N) is 1. The molecule has 0 atom stereocenters. The third-order valence-electron chi connectivity index (χ3n) is 3.75. The van der Waals surface area contributed by atoms with Gasteiger partial charge in [0.25, 0.3) is 5.91 Å². The SMILES string of the molecule is CNCc1ccc(C(=O)O)c(N(C)C(=O)COCc2ccccc2)c1. The van der Waals surface area contributed by atoms with Crippen molar-refractivity contribution in [1.29, 1.82) is 0 Å². The van der Waals surface area contributed by atoms with Gasteiger partial charge in [-0.05, 0) is 30.3 Å². The number of carbonyl (C=O) groups is 2. The van der Waals surface area contributed by atoms with Crippen LogP contribution in [0.4, 0.5) is 5.69 Å². The number of nitrogens with zero attached hydrogens (tertiary/aromatic N) is 1. The predicted octanol–water partition coefficient (Wildman–Crippen LogP) is 2.28. The van der Waals surface area contributed by atoms with E-state index < -0.39 is 5.97 Å². The molecule has 0 aliphatic carbocycles. The molecule has 1 amide bonds. The van der Waals surface area contributed by atoms with Crippen LogP contribution in [0.3, 0.4) is 0 Å². The maximum absolute atomic E-state index is 12.4. The Morgan fingerprint density at radius 3 is 2.48 bits per heavy atom. The zero-order chi connectivity index (χ0) is 18.2. The van der Waals surface area contributed by atoms with Crippen molar-refractivity contribution in [1.82, 2.24) is 5.32 Å². The van der Waals surface area contributed by atoms with Gasteiger partial charge in [-0.3, -0.25) is 4.79 Å². The van der Waals surface area contributed by atoms with Gasteiger partial charge in [0.05, 0.1) is 17.9 Å². The molecule has 2 aromatic carbocycles. The van der Waals surface area contributed by atoms with Crippen LogP contribution in [0, 0.1) is 0 Å². The van der Waals surface area contributed by atoms with E-state index in [1.165, 1.54) is 11.0 Å². The van der Waals surface area contributed by atoms with Gasteiger partial charge in [0, 0.05) is 13.6 Å². The van der Waals surface area contributed by atoms with E-state index in [1.54, 1.807) is 26.2 Å². The van der Waals surface area contributed by atoms with Gasteiger partial charge in [-0.1, -0.05) is 36.4 Å². The fourth-order valence-electron chi connectivity index (χ4n) is 2.41. The van der Waals surface area contributed by atoms with Gasteiger partial charge in [-0.2, -0.15) is 0 Å². The van der Waals surface area contributed by atoms with Crippen molar-refractivity contribution in [2.24, 2.45) is 0 Å². The number of aromatic carboxylic acids is 1. The van der Waals surface area contributed by atoms with Crippen molar-refractivity contribution < 1.29 is 19.4 Å². The number of anilines is 1. The van der Waals surface area contributed by atoms with Crippen molar-refractivity contribution in [2.45, 2.75) is 13.2 Å². The van der Waals surface area contributed by atoms with Crippen LogP contribution in [-0.4, -0.2) is 37.7 Å². The monoisotopic (exact) mass is 342 g/mol. The molecule has 0 unspecified atom stereocenters. The quantitative estimate of drug-likeness (QED) is 0.769. The zero-order valence-corrected chi connectivity index (χ0v) is 14.4. The number of hydrogen-bond acceptors (Lipinski definition) is 4. The van der Waals surface area contributed by atoms with Gasteiger partial charge in [0.2, 0.25) is 0 Å². The number of carboxylic acids is 1. The summed E-state index contributed by atoms with van der Waals surface area (Å²) in [6, 6.07) is 14.5. The van der Waals surface area contributed by atoms with E-state index in [0.29, 0.717) is 18.8 Å². The topological polar surface area (TPSA) is 78.9 Å². The molecule has 0 saturated carbocycles. The molecule has 25 heavy (non-hydrogen) atoms. The first-order valence-corrected chi connectivity index (χ1v) is 7.92. The Kier molecular flexibility index (Phi) is 6.68. The molecule has 0 saturated heterocycles. The molecule has 2 N–H and O–H groups in total. The molecule has 0 fully saturated rings. The summed E-state index contributed by atoms with van der Waals surface area (Å²) in [5, 5.41) is 12.4. The molecule has 0 aromatic heterocycles. The summed E-state index contributed by atoms with van der Waals surface area (Å²) >= 11 is 0. The molecular formula is C19H22N2O4. The first kappa shape index (κ1) is 18.6. The van der Waals surface area contributed by atoms with Crippen molar-refractivity contribution >= 4 is 17.6 Å². The molecule has 0 aliphatic heterocycles. The second-order valence-corrected chi connectivity index (χ2v) is 5.62. The zero-order valence-electron chi connectivity index (χ0n) is 14.4. The van der Waals surface area contributed by atoms with Crippen LogP contribution in [0.25, 0.3) is 0 Å². The minimum absolute atomic E-state index is 0.0822. The van der Waals surface area contributed by atoms with E-state index in [4.69, 9.17) is 4.74 Å². The second-order valence-electron chi connectivity index (χ2n) is 5.62. The van der Waals surface area contributed by atoms with Gasteiger partial charge in [-0.15, -0.1) is 0 Å². The van der Waals surface area contributed by atoms with Crippen LogP contribution in [0.5, 0.6) is 0 Å². The largest absolute Gasteiger partial charge is 0.478 e. The highest BCUT2D eigenvalue weighted by Crippen LogP contribution is 2.22. The standard InChI is InChI=1S/C19H22N2O4/c1-20-11-15-8-9-16(19(23)24)17(10-15)21(2)18(22)13-25-12-14-6-4-3-5-7-14/h3-10,20H,11-13H2,1-2H3,(H,23,24).